The molecule has 0 saturated heterocycles. The highest BCUT2D eigenvalue weighted by Gasteiger charge is 2.41. The first-order chi connectivity index (χ1) is 34.3. The monoisotopic (exact) mass is 985 g/mol. The number of aryl methyl sites for hydroxylation is 3. The van der Waals surface area contributed by atoms with Crippen molar-refractivity contribution in [2.45, 2.75) is 175 Å². The summed E-state index contributed by atoms with van der Waals surface area (Å²) in [6.45, 7) is 36.0. The number of fused-ring (bicyclic) bond motifs is 6. The highest BCUT2D eigenvalue weighted by atomic mass is 35.5. The number of halogens is 1. The van der Waals surface area contributed by atoms with Gasteiger partial charge in [-0.2, -0.15) is 0 Å². The summed E-state index contributed by atoms with van der Waals surface area (Å²) in [5, 5.41) is 3.02. The Kier molecular flexibility index (Phi) is 11.4. The number of furan rings is 1. The molecular formula is C69H77ClN2O. The fourth-order valence-corrected chi connectivity index (χ4v) is 13.5. The molecule has 0 radical (unpaired) electrons. The van der Waals surface area contributed by atoms with Gasteiger partial charge in [0.2, 0.25) is 0 Å². The Labute approximate surface area is 442 Å². The Bertz CT molecular complexity index is 3540. The van der Waals surface area contributed by atoms with E-state index < -0.39 is 0 Å². The number of rotatable bonds is 7. The number of benzene rings is 7. The van der Waals surface area contributed by atoms with Crippen molar-refractivity contribution < 1.29 is 4.42 Å². The van der Waals surface area contributed by atoms with Gasteiger partial charge in [0.05, 0.1) is 11.1 Å². The smallest absolute Gasteiger partial charge is 0.137 e. The topological polar surface area (TPSA) is 19.6 Å². The van der Waals surface area contributed by atoms with E-state index in [0.717, 1.165) is 83.4 Å². The van der Waals surface area contributed by atoms with Crippen LogP contribution in [0.1, 0.15) is 172 Å². The first kappa shape index (κ1) is 49.4. The summed E-state index contributed by atoms with van der Waals surface area (Å²) in [4.78, 5) is 5.07. The number of hydrogen-bond donors (Lipinski definition) is 0. The van der Waals surface area contributed by atoms with Gasteiger partial charge in [0.15, 0.2) is 0 Å². The van der Waals surface area contributed by atoms with Crippen molar-refractivity contribution in [1.29, 1.82) is 0 Å². The molecule has 8 aromatic rings. The largest absolute Gasteiger partial charge is 0.456 e. The van der Waals surface area contributed by atoms with Crippen molar-refractivity contribution in [3.8, 4) is 11.1 Å². The molecule has 0 saturated carbocycles. The van der Waals surface area contributed by atoms with E-state index in [-0.39, 0.29) is 32.5 Å². The van der Waals surface area contributed by atoms with Gasteiger partial charge < -0.3 is 14.2 Å². The van der Waals surface area contributed by atoms with Gasteiger partial charge in [-0.25, -0.2) is 0 Å². The summed E-state index contributed by atoms with van der Waals surface area (Å²) >= 11 is 7.04. The van der Waals surface area contributed by atoms with Crippen molar-refractivity contribution in [2.75, 3.05) is 9.80 Å². The van der Waals surface area contributed by atoms with E-state index >= 15 is 0 Å². The van der Waals surface area contributed by atoms with Crippen LogP contribution in [-0.2, 0) is 32.5 Å². The van der Waals surface area contributed by atoms with Crippen LogP contribution in [0.25, 0.3) is 33.1 Å². The molecule has 376 valence electrons. The van der Waals surface area contributed by atoms with Crippen LogP contribution in [-0.4, -0.2) is 0 Å². The van der Waals surface area contributed by atoms with Crippen LogP contribution in [0.15, 0.2) is 126 Å². The number of nitrogens with zero attached hydrogens (tertiary/aromatic N) is 2. The minimum Gasteiger partial charge on any atom is -0.456 e. The van der Waals surface area contributed by atoms with Crippen LogP contribution in [0.4, 0.5) is 34.1 Å². The molecule has 7 aromatic carbocycles. The molecule has 3 nitrogen and oxygen atoms in total. The van der Waals surface area contributed by atoms with Crippen molar-refractivity contribution in [1.82, 2.24) is 0 Å². The molecule has 0 unspecified atom stereocenters. The Morgan fingerprint density at radius 3 is 1.38 bits per heavy atom. The van der Waals surface area contributed by atoms with Crippen LogP contribution in [0, 0.1) is 20.8 Å². The number of hydrogen-bond acceptors (Lipinski definition) is 3. The number of anilines is 6. The minimum atomic E-state index is -0.00534. The van der Waals surface area contributed by atoms with Crippen molar-refractivity contribution in [3.63, 3.8) is 0 Å². The van der Waals surface area contributed by atoms with Gasteiger partial charge in [-0.3, -0.25) is 0 Å². The average Bonchev–Trinajstić information content (AvgIpc) is 3.70. The zero-order valence-electron chi connectivity index (χ0n) is 46.5. The summed E-state index contributed by atoms with van der Waals surface area (Å²) in [6.07, 6.45) is 6.87. The Balaban J connectivity index is 1.26. The standard InChI is InChI=1S/C69H77ClN2O/c1-42-20-16-17-23-50(42)45-34-48(71(47-22-18-21-46(70)36-47)59-39-55-52(32-43(59)2)64(4,5)26-29-67(55,10)11)37-49(35-45)72(60-40-56-53(33-44(60)3)65(6,7)27-30-68(56,12)13)58-24-19-25-61-63(58)51-38-54-57(41-62(51)73-61)69(14,15)31-28-66(54,8)9/h16-25,32-41H,26-31H2,1-15H3. The normalized spacial score (nSPS) is 18.7. The van der Waals surface area contributed by atoms with E-state index in [9.17, 15) is 0 Å². The zero-order valence-corrected chi connectivity index (χ0v) is 47.2. The lowest BCUT2D eigenvalue weighted by atomic mass is 9.63. The van der Waals surface area contributed by atoms with E-state index in [1.165, 1.54) is 72.4 Å². The Morgan fingerprint density at radius 1 is 0.384 bits per heavy atom. The van der Waals surface area contributed by atoms with Gasteiger partial charge >= 0.3 is 0 Å². The van der Waals surface area contributed by atoms with Crippen LogP contribution >= 0.6 is 11.6 Å². The molecule has 3 aliphatic rings. The quantitative estimate of drug-likeness (QED) is 0.159. The predicted molar refractivity (Wildman–Crippen MR) is 314 cm³/mol. The highest BCUT2D eigenvalue weighted by molar-refractivity contribution is 6.31. The molecule has 0 aliphatic heterocycles. The van der Waals surface area contributed by atoms with Crippen LogP contribution in [0.2, 0.25) is 5.02 Å². The van der Waals surface area contributed by atoms with E-state index in [0.29, 0.717) is 5.02 Å². The lowest BCUT2D eigenvalue weighted by Crippen LogP contribution is -2.34. The second kappa shape index (κ2) is 16.9. The lowest BCUT2D eigenvalue weighted by Gasteiger charge is -2.43. The summed E-state index contributed by atoms with van der Waals surface area (Å²) in [7, 11) is 0. The van der Waals surface area contributed by atoms with Crippen LogP contribution in [0.5, 0.6) is 0 Å². The minimum absolute atomic E-state index is 0.00534. The third-order valence-electron chi connectivity index (χ3n) is 18.4. The summed E-state index contributed by atoms with van der Waals surface area (Å²) < 4.78 is 7.06. The van der Waals surface area contributed by atoms with Gasteiger partial charge in [-0.05, 0) is 226 Å². The van der Waals surface area contributed by atoms with Gasteiger partial charge in [-0.15, -0.1) is 0 Å². The zero-order chi connectivity index (χ0) is 51.9. The van der Waals surface area contributed by atoms with E-state index in [1.807, 2.05) is 6.07 Å². The molecule has 0 spiro atoms. The Hall–Kier alpha value is -5.77. The molecule has 1 heterocycles. The molecule has 0 bridgehead atoms. The first-order valence-corrected chi connectivity index (χ1v) is 27.5. The predicted octanol–water partition coefficient (Wildman–Crippen LogP) is 20.8. The molecule has 4 heteroatoms. The molecule has 3 aliphatic carbocycles. The summed E-state index contributed by atoms with van der Waals surface area (Å²) in [5.74, 6) is 0. The lowest BCUT2D eigenvalue weighted by molar-refractivity contribution is 0.332. The fraction of sp³-hybridized carbons (Fsp3) is 0.391. The molecule has 11 rings (SSSR count). The molecule has 0 fully saturated rings. The van der Waals surface area contributed by atoms with Crippen molar-refractivity contribution >= 4 is 67.7 Å². The molecule has 0 N–H and O–H groups in total. The maximum absolute atomic E-state index is 7.06. The van der Waals surface area contributed by atoms with E-state index in [1.54, 1.807) is 0 Å². The SMILES string of the molecule is Cc1ccccc1-c1cc(N(c2cccc(Cl)c2)c2cc3c(cc2C)C(C)(C)CCC3(C)C)cc(N(c2cc3c(cc2C)C(C)(C)CCC3(C)C)c2cccc3oc4cc5c(cc4c23)C(C)(C)CCC5(C)C)c1. The van der Waals surface area contributed by atoms with Gasteiger partial charge in [0, 0.05) is 38.8 Å². The molecular weight excluding hydrogens is 908 g/mol. The Morgan fingerprint density at radius 2 is 0.849 bits per heavy atom. The second-order valence-electron chi connectivity index (χ2n) is 26.5. The first-order valence-electron chi connectivity index (χ1n) is 27.1. The van der Waals surface area contributed by atoms with Crippen molar-refractivity contribution in [3.05, 3.63) is 176 Å². The van der Waals surface area contributed by atoms with E-state index in [2.05, 4.69) is 229 Å². The van der Waals surface area contributed by atoms with Gasteiger partial charge in [-0.1, -0.05) is 143 Å². The summed E-state index contributed by atoms with van der Waals surface area (Å²) in [6, 6.07) is 46.3. The van der Waals surface area contributed by atoms with Crippen LogP contribution in [0.3, 0.4) is 0 Å². The average molecular weight is 986 g/mol. The fourth-order valence-electron chi connectivity index (χ4n) is 13.3. The van der Waals surface area contributed by atoms with Gasteiger partial charge in [0.1, 0.15) is 11.2 Å². The van der Waals surface area contributed by atoms with Crippen LogP contribution < -0.4 is 9.80 Å². The molecule has 1 aromatic heterocycles. The third kappa shape index (κ3) is 8.23. The third-order valence-corrected chi connectivity index (χ3v) is 18.7. The maximum atomic E-state index is 7.06. The maximum Gasteiger partial charge on any atom is 0.137 e. The van der Waals surface area contributed by atoms with Gasteiger partial charge in [0.25, 0.3) is 0 Å². The molecule has 73 heavy (non-hydrogen) atoms. The second-order valence-corrected chi connectivity index (χ2v) is 27.0. The molecule has 0 amide bonds. The van der Waals surface area contributed by atoms with E-state index in [4.69, 9.17) is 16.0 Å². The summed E-state index contributed by atoms with van der Waals surface area (Å²) in [5.41, 5.74) is 23.4. The van der Waals surface area contributed by atoms with Crippen molar-refractivity contribution in [2.24, 2.45) is 0 Å². The highest BCUT2D eigenvalue weighted by Crippen LogP contribution is 2.55. The molecule has 0 atom stereocenters.